The number of halogens is 1. The minimum atomic E-state index is -3.46. The van der Waals surface area contributed by atoms with Gasteiger partial charge in [0.05, 0.1) is 10.6 Å². The van der Waals surface area contributed by atoms with Crippen LogP contribution in [0.2, 0.25) is 5.02 Å². The van der Waals surface area contributed by atoms with Gasteiger partial charge in [0, 0.05) is 11.6 Å². The molecule has 0 radical (unpaired) electrons. The summed E-state index contributed by atoms with van der Waals surface area (Å²) in [5, 5.41) is 10.3. The number of benzene rings is 2. The molecule has 4 nitrogen and oxygen atoms in total. The first-order valence-electron chi connectivity index (χ1n) is 6.85. The first-order valence-corrected chi connectivity index (χ1v) is 8.88. The van der Waals surface area contributed by atoms with Crippen LogP contribution in [0.3, 0.4) is 0 Å². The van der Waals surface area contributed by atoms with Gasteiger partial charge in [-0.3, -0.25) is 0 Å². The summed E-state index contributed by atoms with van der Waals surface area (Å²) in [5.41, 5.74) is 2.26. The molecular formula is C15H14BClO4S. The van der Waals surface area contributed by atoms with E-state index in [0.29, 0.717) is 22.7 Å². The fourth-order valence-electron chi connectivity index (χ4n) is 2.51. The van der Waals surface area contributed by atoms with Gasteiger partial charge in [-0.2, -0.15) is 0 Å². The van der Waals surface area contributed by atoms with Gasteiger partial charge in [0.2, 0.25) is 0 Å². The summed E-state index contributed by atoms with van der Waals surface area (Å²) in [6, 6.07) is 11.4. The van der Waals surface area contributed by atoms with Crippen LogP contribution in [0.1, 0.15) is 11.1 Å². The van der Waals surface area contributed by atoms with Crippen molar-refractivity contribution in [3.63, 3.8) is 0 Å². The summed E-state index contributed by atoms with van der Waals surface area (Å²) in [4.78, 5) is 0.228. The lowest BCUT2D eigenvalue weighted by molar-refractivity contribution is 0.266. The van der Waals surface area contributed by atoms with Gasteiger partial charge >= 0.3 is 7.12 Å². The van der Waals surface area contributed by atoms with Gasteiger partial charge in [0.25, 0.3) is 0 Å². The molecule has 2 aromatic carbocycles. The molecule has 114 valence electrons. The third-order valence-corrected chi connectivity index (χ3v) is 5.61. The molecule has 22 heavy (non-hydrogen) atoms. The van der Waals surface area contributed by atoms with E-state index in [1.54, 1.807) is 24.3 Å². The van der Waals surface area contributed by atoms with Crippen LogP contribution in [0.15, 0.2) is 47.4 Å². The van der Waals surface area contributed by atoms with Gasteiger partial charge in [-0.25, -0.2) is 8.42 Å². The number of hydrogen-bond donors (Lipinski definition) is 1. The molecule has 0 bridgehead atoms. The van der Waals surface area contributed by atoms with Crippen LogP contribution >= 0.6 is 11.6 Å². The topological polar surface area (TPSA) is 63.6 Å². The summed E-state index contributed by atoms with van der Waals surface area (Å²) in [6.07, 6.45) is 0.719. The van der Waals surface area contributed by atoms with E-state index in [-0.39, 0.29) is 10.6 Å². The van der Waals surface area contributed by atoms with E-state index in [0.717, 1.165) is 12.0 Å². The zero-order valence-electron chi connectivity index (χ0n) is 11.7. The predicted octanol–water partition coefficient (Wildman–Crippen LogP) is 1.57. The van der Waals surface area contributed by atoms with Gasteiger partial charge in [0.1, 0.15) is 0 Å². The Kier molecular flexibility index (Phi) is 4.27. The summed E-state index contributed by atoms with van der Waals surface area (Å²) in [7, 11) is -4.44. The van der Waals surface area contributed by atoms with Gasteiger partial charge in [-0.15, -0.1) is 0 Å². The van der Waals surface area contributed by atoms with Crippen molar-refractivity contribution in [2.24, 2.45) is 0 Å². The molecule has 0 atom stereocenters. The van der Waals surface area contributed by atoms with E-state index < -0.39 is 17.0 Å². The summed E-state index contributed by atoms with van der Waals surface area (Å²) in [6.45, 7) is 0.469. The van der Waals surface area contributed by atoms with E-state index in [1.807, 2.05) is 6.07 Å². The van der Waals surface area contributed by atoms with Gasteiger partial charge in [0.15, 0.2) is 9.84 Å². The van der Waals surface area contributed by atoms with Crippen molar-refractivity contribution < 1.29 is 18.1 Å². The maximum Gasteiger partial charge on any atom is 0.491 e. The molecule has 1 aliphatic rings. The average Bonchev–Trinajstić information content (AvgIpc) is 2.48. The normalized spacial score (nSPS) is 14.7. The molecule has 0 saturated carbocycles. The van der Waals surface area contributed by atoms with Crippen LogP contribution in [-0.4, -0.2) is 27.2 Å². The fraction of sp³-hybridized carbons (Fsp3) is 0.200. The second-order valence-electron chi connectivity index (χ2n) is 5.22. The lowest BCUT2D eigenvalue weighted by Gasteiger charge is -2.19. The average molecular weight is 337 g/mol. The quantitative estimate of drug-likeness (QED) is 0.864. The van der Waals surface area contributed by atoms with Crippen molar-refractivity contribution in [3.05, 3.63) is 58.6 Å². The van der Waals surface area contributed by atoms with Crippen LogP contribution in [0.4, 0.5) is 0 Å². The summed E-state index contributed by atoms with van der Waals surface area (Å²) in [5.74, 6) is -0.130. The van der Waals surface area contributed by atoms with E-state index in [1.165, 1.54) is 12.1 Å². The molecule has 0 aliphatic carbocycles. The minimum absolute atomic E-state index is 0.130. The van der Waals surface area contributed by atoms with E-state index in [9.17, 15) is 13.4 Å². The monoisotopic (exact) mass is 336 g/mol. The zero-order valence-corrected chi connectivity index (χ0v) is 13.3. The van der Waals surface area contributed by atoms with Gasteiger partial charge < -0.3 is 9.68 Å². The Morgan fingerprint density at radius 3 is 2.64 bits per heavy atom. The lowest BCUT2D eigenvalue weighted by atomic mass is 9.73. The van der Waals surface area contributed by atoms with Gasteiger partial charge in [-0.1, -0.05) is 29.8 Å². The van der Waals surface area contributed by atoms with Crippen LogP contribution in [0, 0.1) is 0 Å². The number of hydrogen-bond acceptors (Lipinski definition) is 4. The van der Waals surface area contributed by atoms with Crippen molar-refractivity contribution in [1.82, 2.24) is 0 Å². The summed E-state index contributed by atoms with van der Waals surface area (Å²) >= 11 is 5.78. The van der Waals surface area contributed by atoms with Crippen LogP contribution in [0.25, 0.3) is 0 Å². The second kappa shape index (κ2) is 6.04. The van der Waals surface area contributed by atoms with Crippen LogP contribution in [-0.2, 0) is 26.7 Å². The molecule has 7 heteroatoms. The molecule has 3 rings (SSSR count). The fourth-order valence-corrected chi connectivity index (χ4v) is 3.97. The Morgan fingerprint density at radius 1 is 1.18 bits per heavy atom. The highest BCUT2D eigenvalue weighted by molar-refractivity contribution is 7.90. The molecule has 2 aromatic rings. The Morgan fingerprint density at radius 2 is 1.91 bits per heavy atom. The van der Waals surface area contributed by atoms with Crippen molar-refractivity contribution in [1.29, 1.82) is 0 Å². The first kappa shape index (κ1) is 15.6. The summed E-state index contributed by atoms with van der Waals surface area (Å²) < 4.78 is 30.0. The Balaban J connectivity index is 1.89. The molecule has 1 N–H and O–H groups in total. The van der Waals surface area contributed by atoms with E-state index in [2.05, 4.69) is 0 Å². The van der Waals surface area contributed by atoms with Crippen LogP contribution in [0.5, 0.6) is 0 Å². The van der Waals surface area contributed by atoms with E-state index >= 15 is 0 Å². The molecule has 0 amide bonds. The Bertz CT molecular complexity index is 790. The molecule has 0 unspecified atom stereocenters. The number of fused-ring (bicyclic) bond motifs is 1. The molecular weight excluding hydrogens is 322 g/mol. The molecule has 0 aromatic heterocycles. The predicted molar refractivity (Wildman–Crippen MR) is 86.0 cm³/mol. The molecule has 0 saturated heterocycles. The van der Waals surface area contributed by atoms with E-state index in [4.69, 9.17) is 16.3 Å². The largest absolute Gasteiger partial charge is 0.491 e. The highest BCUT2D eigenvalue weighted by atomic mass is 35.5. The van der Waals surface area contributed by atoms with Crippen molar-refractivity contribution >= 4 is 34.0 Å². The number of rotatable bonds is 3. The Labute approximate surface area is 134 Å². The van der Waals surface area contributed by atoms with Crippen LogP contribution < -0.4 is 5.46 Å². The first-order chi connectivity index (χ1) is 10.5. The molecule has 1 heterocycles. The third-order valence-electron chi connectivity index (χ3n) is 3.65. The zero-order chi connectivity index (χ0) is 15.7. The third kappa shape index (κ3) is 3.20. The van der Waals surface area contributed by atoms with Crippen molar-refractivity contribution in [2.45, 2.75) is 17.1 Å². The SMILES string of the molecule is O=S(=O)(Cc1ccc2c(c1)B(O)OCC2)c1ccc(Cl)cc1. The van der Waals surface area contributed by atoms with Crippen molar-refractivity contribution in [2.75, 3.05) is 6.61 Å². The molecule has 1 aliphatic heterocycles. The molecule has 0 fully saturated rings. The van der Waals surface area contributed by atoms with Crippen molar-refractivity contribution in [3.8, 4) is 0 Å². The maximum absolute atomic E-state index is 12.4. The lowest BCUT2D eigenvalue weighted by Crippen LogP contribution is -2.41. The minimum Gasteiger partial charge on any atom is -0.423 e. The molecule has 0 spiro atoms. The smallest absolute Gasteiger partial charge is 0.423 e. The maximum atomic E-state index is 12.4. The Hall–Kier alpha value is -1.34. The standard InChI is InChI=1S/C15H14BClO4S/c17-13-3-5-14(6-4-13)22(19,20)10-11-1-2-12-7-8-21-16(18)15(12)9-11/h1-6,9,18H,7-8,10H2. The van der Waals surface area contributed by atoms with Gasteiger partial charge in [-0.05, 0) is 47.3 Å². The highest BCUT2D eigenvalue weighted by Gasteiger charge is 2.25. The number of sulfone groups is 1. The highest BCUT2D eigenvalue weighted by Crippen LogP contribution is 2.19. The second-order valence-corrected chi connectivity index (χ2v) is 7.65.